The molecule has 25 heavy (non-hydrogen) atoms. The topological polar surface area (TPSA) is 66.2 Å². The second-order valence-electron chi connectivity index (χ2n) is 7.53. The quantitative estimate of drug-likeness (QED) is 0.800. The predicted octanol–water partition coefficient (Wildman–Crippen LogP) is 2.69. The van der Waals surface area contributed by atoms with Crippen LogP contribution in [0.5, 0.6) is 0 Å². The molecule has 2 aromatic rings. The number of rotatable bonds is 4. The fourth-order valence-corrected chi connectivity index (χ4v) is 4.15. The summed E-state index contributed by atoms with van der Waals surface area (Å²) in [5.74, 6) is 0.0775. The number of nitrogens with zero attached hydrogens (tertiary/aromatic N) is 3. The van der Waals surface area contributed by atoms with Crippen LogP contribution in [0.2, 0.25) is 0 Å². The Morgan fingerprint density at radius 3 is 2.88 bits per heavy atom. The summed E-state index contributed by atoms with van der Waals surface area (Å²) in [5.41, 5.74) is 1.53. The van der Waals surface area contributed by atoms with E-state index >= 15 is 0 Å². The Balaban J connectivity index is 1.41. The first-order valence-electron chi connectivity index (χ1n) is 8.79. The third kappa shape index (κ3) is 2.95. The molecule has 1 saturated carbocycles. The van der Waals surface area contributed by atoms with Gasteiger partial charge in [-0.25, -0.2) is 14.5 Å². The zero-order chi connectivity index (χ0) is 17.4. The van der Waals surface area contributed by atoms with E-state index in [4.69, 9.17) is 9.47 Å². The van der Waals surface area contributed by atoms with Crippen molar-refractivity contribution in [3.8, 4) is 0 Å². The lowest BCUT2D eigenvalue weighted by Gasteiger charge is -2.58. The Bertz CT molecular complexity index is 740. The summed E-state index contributed by atoms with van der Waals surface area (Å²) in [6, 6.07) is 7.48. The van der Waals surface area contributed by atoms with Crippen LogP contribution in [0.25, 0.3) is 0 Å². The van der Waals surface area contributed by atoms with Crippen molar-refractivity contribution in [1.29, 1.82) is 0 Å². The maximum Gasteiger partial charge on any atom is 0.338 e. The van der Waals surface area contributed by atoms with Gasteiger partial charge in [-0.2, -0.15) is 5.10 Å². The molecule has 6 heteroatoms. The second kappa shape index (κ2) is 6.26. The Morgan fingerprint density at radius 1 is 1.36 bits per heavy atom. The number of carbonyl (C=O) groups is 1. The van der Waals surface area contributed by atoms with E-state index in [1.807, 2.05) is 24.3 Å². The highest BCUT2D eigenvalue weighted by Crippen LogP contribution is 2.53. The molecule has 0 radical (unpaired) electrons. The van der Waals surface area contributed by atoms with Gasteiger partial charge in [-0.05, 0) is 30.5 Å². The molecule has 0 amide bonds. The molecule has 1 aliphatic carbocycles. The van der Waals surface area contributed by atoms with Gasteiger partial charge in [0.2, 0.25) is 0 Å². The van der Waals surface area contributed by atoms with Gasteiger partial charge in [0.15, 0.2) is 0 Å². The molecule has 6 nitrogen and oxygen atoms in total. The summed E-state index contributed by atoms with van der Waals surface area (Å²) in [4.78, 5) is 16.5. The molecule has 2 heterocycles. The number of carbonyl (C=O) groups excluding carboxylic acids is 1. The van der Waals surface area contributed by atoms with Crippen molar-refractivity contribution in [3.63, 3.8) is 0 Å². The first-order chi connectivity index (χ1) is 12.1. The van der Waals surface area contributed by atoms with Crippen LogP contribution in [0.1, 0.15) is 42.6 Å². The van der Waals surface area contributed by atoms with E-state index in [1.165, 1.54) is 6.33 Å². The summed E-state index contributed by atoms with van der Waals surface area (Å²) >= 11 is 0. The number of aromatic nitrogens is 3. The van der Waals surface area contributed by atoms with Gasteiger partial charge < -0.3 is 9.47 Å². The largest absolute Gasteiger partial charge is 0.458 e. The minimum atomic E-state index is -0.255. The molecular formula is C19H23N3O3. The average Bonchev–Trinajstić information content (AvgIpc) is 3.13. The van der Waals surface area contributed by atoms with Crippen LogP contribution in [0.15, 0.2) is 36.9 Å². The maximum atomic E-state index is 12.5. The molecule has 1 aliphatic heterocycles. The molecule has 0 N–H and O–H groups in total. The van der Waals surface area contributed by atoms with Crippen molar-refractivity contribution in [2.75, 3.05) is 6.61 Å². The van der Waals surface area contributed by atoms with Crippen LogP contribution in [0, 0.1) is 11.3 Å². The second-order valence-corrected chi connectivity index (χ2v) is 7.53. The van der Waals surface area contributed by atoms with Crippen molar-refractivity contribution < 1.29 is 14.3 Å². The van der Waals surface area contributed by atoms with Gasteiger partial charge in [-0.15, -0.1) is 0 Å². The third-order valence-electron chi connectivity index (χ3n) is 5.46. The molecule has 1 aromatic heterocycles. The van der Waals surface area contributed by atoms with E-state index in [1.54, 1.807) is 11.0 Å². The smallest absolute Gasteiger partial charge is 0.338 e. The van der Waals surface area contributed by atoms with Gasteiger partial charge in [-0.1, -0.05) is 26.0 Å². The molecule has 2 aliphatic rings. The van der Waals surface area contributed by atoms with Crippen molar-refractivity contribution in [2.24, 2.45) is 11.3 Å². The molecule has 0 spiro atoms. The third-order valence-corrected chi connectivity index (χ3v) is 5.46. The molecule has 0 bridgehead atoms. The highest BCUT2D eigenvalue weighted by molar-refractivity contribution is 5.89. The summed E-state index contributed by atoms with van der Waals surface area (Å²) in [5, 5.41) is 4.08. The first-order valence-corrected chi connectivity index (χ1v) is 8.79. The van der Waals surface area contributed by atoms with Gasteiger partial charge in [0.1, 0.15) is 18.8 Å². The normalized spacial score (nSPS) is 27.2. The van der Waals surface area contributed by atoms with Crippen LogP contribution < -0.4 is 0 Å². The Morgan fingerprint density at radius 2 is 2.16 bits per heavy atom. The Kier molecular flexibility index (Phi) is 4.07. The lowest BCUT2D eigenvalue weighted by molar-refractivity contribution is -0.243. The SMILES string of the molecule is CC1(C)[C@@H]2OCCC[C@H]2[C@@H]1OC(=O)c1ccc(Cn2cncn2)cc1. The Labute approximate surface area is 147 Å². The van der Waals surface area contributed by atoms with Crippen LogP contribution >= 0.6 is 0 Å². The van der Waals surface area contributed by atoms with Crippen molar-refractivity contribution in [3.05, 3.63) is 48.0 Å². The van der Waals surface area contributed by atoms with Gasteiger partial charge in [0.25, 0.3) is 0 Å². The van der Waals surface area contributed by atoms with Crippen molar-refractivity contribution >= 4 is 5.97 Å². The number of ether oxygens (including phenoxy) is 2. The monoisotopic (exact) mass is 341 g/mol. The standard InChI is InChI=1S/C19H23N3O3/c1-19(2)16-15(4-3-9-24-16)17(19)25-18(23)14-7-5-13(6-8-14)10-22-12-20-11-21-22/h5-8,11-12,15-17H,3-4,9-10H2,1-2H3/t15-,16-,17+/m1/s1. The van der Waals surface area contributed by atoms with Gasteiger partial charge in [0.05, 0.1) is 18.2 Å². The highest BCUT2D eigenvalue weighted by atomic mass is 16.6. The molecule has 1 saturated heterocycles. The number of hydrogen-bond acceptors (Lipinski definition) is 5. The zero-order valence-corrected chi connectivity index (χ0v) is 14.6. The highest BCUT2D eigenvalue weighted by Gasteiger charge is 2.60. The average molecular weight is 341 g/mol. The van der Waals surface area contributed by atoms with Crippen LogP contribution in [-0.4, -0.2) is 39.5 Å². The summed E-state index contributed by atoms with van der Waals surface area (Å²) < 4.78 is 13.5. The molecule has 132 valence electrons. The fraction of sp³-hybridized carbons (Fsp3) is 0.526. The molecule has 3 atom stereocenters. The number of esters is 1. The number of hydrogen-bond donors (Lipinski definition) is 0. The van der Waals surface area contributed by atoms with E-state index < -0.39 is 0 Å². The molecule has 1 aromatic carbocycles. The Hall–Kier alpha value is -2.21. The fourth-order valence-electron chi connectivity index (χ4n) is 4.15. The van der Waals surface area contributed by atoms with Crippen LogP contribution in [0.3, 0.4) is 0 Å². The van der Waals surface area contributed by atoms with E-state index in [-0.39, 0.29) is 23.6 Å². The van der Waals surface area contributed by atoms with Crippen LogP contribution in [-0.2, 0) is 16.0 Å². The zero-order valence-electron chi connectivity index (χ0n) is 14.6. The lowest BCUT2D eigenvalue weighted by Crippen LogP contribution is -2.65. The lowest BCUT2D eigenvalue weighted by atomic mass is 9.57. The molecule has 2 fully saturated rings. The predicted molar refractivity (Wildman–Crippen MR) is 91.0 cm³/mol. The summed E-state index contributed by atoms with van der Waals surface area (Å²) in [6.07, 6.45) is 5.44. The van der Waals surface area contributed by atoms with Gasteiger partial charge in [0, 0.05) is 17.9 Å². The molecule has 0 unspecified atom stereocenters. The minimum Gasteiger partial charge on any atom is -0.458 e. The first kappa shape index (κ1) is 16.3. The van der Waals surface area contributed by atoms with E-state index in [0.717, 1.165) is 25.0 Å². The number of fused-ring (bicyclic) bond motifs is 1. The summed E-state index contributed by atoms with van der Waals surface area (Å²) in [7, 11) is 0. The maximum absolute atomic E-state index is 12.5. The number of benzene rings is 1. The summed E-state index contributed by atoms with van der Waals surface area (Å²) in [6.45, 7) is 5.70. The van der Waals surface area contributed by atoms with E-state index in [2.05, 4.69) is 23.9 Å². The molecule has 4 rings (SSSR count). The van der Waals surface area contributed by atoms with Crippen LogP contribution in [0.4, 0.5) is 0 Å². The van der Waals surface area contributed by atoms with Crippen molar-refractivity contribution in [2.45, 2.75) is 45.4 Å². The van der Waals surface area contributed by atoms with E-state index in [9.17, 15) is 4.79 Å². The van der Waals surface area contributed by atoms with Gasteiger partial charge >= 0.3 is 5.97 Å². The van der Waals surface area contributed by atoms with Crippen molar-refractivity contribution in [1.82, 2.24) is 14.8 Å². The minimum absolute atomic E-state index is 0.0693. The van der Waals surface area contributed by atoms with E-state index in [0.29, 0.717) is 18.0 Å². The van der Waals surface area contributed by atoms with Gasteiger partial charge in [-0.3, -0.25) is 0 Å². The molecular weight excluding hydrogens is 318 g/mol.